The summed E-state index contributed by atoms with van der Waals surface area (Å²) in [7, 11) is 0. The summed E-state index contributed by atoms with van der Waals surface area (Å²) in [6, 6.07) is 9.53. The van der Waals surface area contributed by atoms with E-state index in [9.17, 15) is 0 Å². The zero-order valence-corrected chi connectivity index (χ0v) is 11.9. The SMILES string of the molecule is CCCC1CCC(NC2COc3ccccc32)CC1. The molecule has 0 radical (unpaired) electrons. The molecule has 1 saturated carbocycles. The van der Waals surface area contributed by atoms with Crippen LogP contribution in [0.5, 0.6) is 5.75 Å². The lowest BCUT2D eigenvalue weighted by atomic mass is 9.83. The Hall–Kier alpha value is -1.02. The topological polar surface area (TPSA) is 21.3 Å². The summed E-state index contributed by atoms with van der Waals surface area (Å²) in [5.41, 5.74) is 1.35. The van der Waals surface area contributed by atoms with Crippen molar-refractivity contribution in [3.05, 3.63) is 29.8 Å². The third-order valence-electron chi connectivity index (χ3n) is 4.68. The van der Waals surface area contributed by atoms with Gasteiger partial charge in [-0.2, -0.15) is 0 Å². The van der Waals surface area contributed by atoms with Crippen LogP contribution in [0.1, 0.15) is 57.1 Å². The predicted octanol–water partition coefficient (Wildman–Crippen LogP) is 4.07. The molecule has 1 N–H and O–H groups in total. The van der Waals surface area contributed by atoms with E-state index >= 15 is 0 Å². The molecule has 19 heavy (non-hydrogen) atoms. The molecular formula is C17H25NO. The van der Waals surface area contributed by atoms with Gasteiger partial charge in [0, 0.05) is 11.6 Å². The summed E-state index contributed by atoms with van der Waals surface area (Å²) in [5, 5.41) is 3.81. The van der Waals surface area contributed by atoms with Gasteiger partial charge in [0.15, 0.2) is 0 Å². The molecule has 104 valence electrons. The second kappa shape index (κ2) is 5.96. The molecule has 2 aliphatic rings. The Morgan fingerprint density at radius 2 is 1.95 bits per heavy atom. The van der Waals surface area contributed by atoms with E-state index < -0.39 is 0 Å². The van der Waals surface area contributed by atoms with Gasteiger partial charge in [0.25, 0.3) is 0 Å². The first-order valence-corrected chi connectivity index (χ1v) is 7.84. The van der Waals surface area contributed by atoms with Gasteiger partial charge < -0.3 is 10.1 Å². The Balaban J connectivity index is 1.54. The van der Waals surface area contributed by atoms with Crippen LogP contribution in [0.25, 0.3) is 0 Å². The van der Waals surface area contributed by atoms with Gasteiger partial charge in [-0.15, -0.1) is 0 Å². The van der Waals surface area contributed by atoms with Crippen LogP contribution in [-0.4, -0.2) is 12.6 Å². The zero-order chi connectivity index (χ0) is 13.1. The Morgan fingerprint density at radius 1 is 1.16 bits per heavy atom. The van der Waals surface area contributed by atoms with E-state index in [0.29, 0.717) is 12.1 Å². The van der Waals surface area contributed by atoms with Crippen molar-refractivity contribution in [1.29, 1.82) is 0 Å². The molecule has 0 spiro atoms. The summed E-state index contributed by atoms with van der Waals surface area (Å²) in [4.78, 5) is 0. The number of rotatable bonds is 4. The third-order valence-corrected chi connectivity index (χ3v) is 4.68. The van der Waals surface area contributed by atoms with Crippen LogP contribution >= 0.6 is 0 Å². The maximum atomic E-state index is 5.75. The molecule has 1 aliphatic carbocycles. The first kappa shape index (κ1) is 13.0. The second-order valence-corrected chi connectivity index (χ2v) is 6.07. The lowest BCUT2D eigenvalue weighted by Gasteiger charge is -2.30. The number of fused-ring (bicyclic) bond motifs is 1. The molecule has 1 unspecified atom stereocenters. The molecule has 0 aromatic heterocycles. The molecule has 0 bridgehead atoms. The van der Waals surface area contributed by atoms with Crippen molar-refractivity contribution >= 4 is 0 Å². The van der Waals surface area contributed by atoms with Gasteiger partial charge in [0.05, 0.1) is 6.04 Å². The first-order valence-electron chi connectivity index (χ1n) is 7.84. The third kappa shape index (κ3) is 2.94. The van der Waals surface area contributed by atoms with Gasteiger partial charge in [-0.25, -0.2) is 0 Å². The molecule has 1 aromatic rings. The van der Waals surface area contributed by atoms with Crippen molar-refractivity contribution < 1.29 is 4.74 Å². The highest BCUT2D eigenvalue weighted by molar-refractivity contribution is 5.39. The number of ether oxygens (including phenoxy) is 1. The minimum Gasteiger partial charge on any atom is -0.491 e. The van der Waals surface area contributed by atoms with Crippen molar-refractivity contribution in [2.75, 3.05) is 6.61 Å². The molecule has 1 fully saturated rings. The molecule has 0 amide bonds. The maximum Gasteiger partial charge on any atom is 0.124 e. The van der Waals surface area contributed by atoms with Gasteiger partial charge >= 0.3 is 0 Å². The summed E-state index contributed by atoms with van der Waals surface area (Å²) < 4.78 is 5.75. The van der Waals surface area contributed by atoms with Crippen LogP contribution in [0.3, 0.4) is 0 Å². The van der Waals surface area contributed by atoms with Crippen LogP contribution < -0.4 is 10.1 Å². The molecule has 1 aromatic carbocycles. The van der Waals surface area contributed by atoms with Gasteiger partial charge in [0.2, 0.25) is 0 Å². The summed E-state index contributed by atoms with van der Waals surface area (Å²) in [6.45, 7) is 3.10. The van der Waals surface area contributed by atoms with Crippen molar-refractivity contribution in [2.24, 2.45) is 5.92 Å². The van der Waals surface area contributed by atoms with Gasteiger partial charge in [0.1, 0.15) is 12.4 Å². The average Bonchev–Trinajstić information content (AvgIpc) is 2.85. The van der Waals surface area contributed by atoms with E-state index in [4.69, 9.17) is 4.74 Å². The lowest BCUT2D eigenvalue weighted by Crippen LogP contribution is -2.36. The molecule has 1 heterocycles. The minimum atomic E-state index is 0.406. The quantitative estimate of drug-likeness (QED) is 0.880. The predicted molar refractivity (Wildman–Crippen MR) is 78.5 cm³/mol. The van der Waals surface area contributed by atoms with Crippen LogP contribution in [0.15, 0.2) is 24.3 Å². The number of nitrogens with one attached hydrogen (secondary N) is 1. The smallest absolute Gasteiger partial charge is 0.124 e. The fourth-order valence-corrected chi connectivity index (χ4v) is 3.61. The van der Waals surface area contributed by atoms with E-state index in [2.05, 4.69) is 36.5 Å². The van der Waals surface area contributed by atoms with Gasteiger partial charge in [-0.05, 0) is 37.7 Å². The first-order chi connectivity index (χ1) is 9.36. The van der Waals surface area contributed by atoms with E-state index in [-0.39, 0.29) is 0 Å². The number of benzene rings is 1. The maximum absolute atomic E-state index is 5.75. The van der Waals surface area contributed by atoms with Crippen LogP contribution in [0, 0.1) is 5.92 Å². The fraction of sp³-hybridized carbons (Fsp3) is 0.647. The van der Waals surface area contributed by atoms with E-state index in [1.807, 2.05) is 0 Å². The van der Waals surface area contributed by atoms with Crippen molar-refractivity contribution in [3.63, 3.8) is 0 Å². The van der Waals surface area contributed by atoms with Crippen molar-refractivity contribution in [3.8, 4) is 5.75 Å². The van der Waals surface area contributed by atoms with Gasteiger partial charge in [-0.3, -0.25) is 0 Å². The molecule has 1 atom stereocenters. The summed E-state index contributed by atoms with van der Waals surface area (Å²) in [5.74, 6) is 2.05. The minimum absolute atomic E-state index is 0.406. The summed E-state index contributed by atoms with van der Waals surface area (Å²) in [6.07, 6.45) is 8.24. The zero-order valence-electron chi connectivity index (χ0n) is 11.9. The Morgan fingerprint density at radius 3 is 2.74 bits per heavy atom. The number of hydrogen-bond donors (Lipinski definition) is 1. The van der Waals surface area contributed by atoms with Crippen molar-refractivity contribution in [1.82, 2.24) is 5.32 Å². The molecular weight excluding hydrogens is 234 g/mol. The summed E-state index contributed by atoms with van der Waals surface area (Å²) >= 11 is 0. The monoisotopic (exact) mass is 259 g/mol. The highest BCUT2D eigenvalue weighted by Crippen LogP contribution is 2.34. The standard InChI is InChI=1S/C17H25NO/c1-2-5-13-8-10-14(11-9-13)18-16-12-19-17-7-4-3-6-15(16)17/h3-4,6-7,13-14,16,18H,2,5,8-12H2,1H3. The van der Waals surface area contributed by atoms with Crippen LogP contribution in [0.2, 0.25) is 0 Å². The van der Waals surface area contributed by atoms with Gasteiger partial charge in [-0.1, -0.05) is 38.0 Å². The highest BCUT2D eigenvalue weighted by Gasteiger charge is 2.28. The van der Waals surface area contributed by atoms with E-state index in [1.165, 1.54) is 44.1 Å². The normalized spacial score (nSPS) is 29.8. The van der Waals surface area contributed by atoms with E-state index in [0.717, 1.165) is 18.3 Å². The average molecular weight is 259 g/mol. The number of hydrogen-bond acceptors (Lipinski definition) is 2. The highest BCUT2D eigenvalue weighted by atomic mass is 16.5. The molecule has 0 saturated heterocycles. The molecule has 3 rings (SSSR count). The Bertz CT molecular complexity index is 409. The molecule has 2 heteroatoms. The lowest BCUT2D eigenvalue weighted by molar-refractivity contribution is 0.241. The Labute approximate surface area is 116 Å². The van der Waals surface area contributed by atoms with Crippen molar-refractivity contribution in [2.45, 2.75) is 57.5 Å². The molecule has 1 aliphatic heterocycles. The van der Waals surface area contributed by atoms with Crippen LogP contribution in [-0.2, 0) is 0 Å². The fourth-order valence-electron chi connectivity index (χ4n) is 3.61. The Kier molecular flexibility index (Phi) is 4.07. The van der Waals surface area contributed by atoms with E-state index in [1.54, 1.807) is 0 Å². The molecule has 2 nitrogen and oxygen atoms in total. The number of para-hydroxylation sites is 1. The largest absolute Gasteiger partial charge is 0.491 e. The second-order valence-electron chi connectivity index (χ2n) is 6.07. The van der Waals surface area contributed by atoms with Crippen LogP contribution in [0.4, 0.5) is 0 Å².